The van der Waals surface area contributed by atoms with Gasteiger partial charge in [0.15, 0.2) is 12.0 Å². The molecule has 180 valence electrons. The first-order chi connectivity index (χ1) is 17.0. The number of aliphatic imine (C=N–C) groups is 1. The first-order valence-electron chi connectivity index (χ1n) is 11.8. The lowest BCUT2D eigenvalue weighted by molar-refractivity contribution is -0.137. The number of aromatic nitrogens is 2. The molecule has 3 atom stereocenters. The number of halogens is 1. The lowest BCUT2D eigenvalue weighted by Gasteiger charge is -2.32. The zero-order chi connectivity index (χ0) is 24.4. The molecule has 9 heteroatoms. The molecule has 0 bridgehead atoms. The summed E-state index contributed by atoms with van der Waals surface area (Å²) in [5.74, 6) is 0.684. The number of benzene rings is 1. The number of nitrogens with one attached hydrogen (secondary N) is 1. The summed E-state index contributed by atoms with van der Waals surface area (Å²) in [6.07, 6.45) is 10.8. The van der Waals surface area contributed by atoms with E-state index in [2.05, 4.69) is 20.3 Å². The van der Waals surface area contributed by atoms with Crippen LogP contribution in [-0.2, 0) is 4.79 Å². The number of hydrogen-bond donors (Lipinski definition) is 1. The third-order valence-corrected chi connectivity index (χ3v) is 6.46. The number of carbonyl (C=O) groups is 2. The highest BCUT2D eigenvalue weighted by Gasteiger charge is 2.31. The third-order valence-electron chi connectivity index (χ3n) is 6.46. The maximum atomic E-state index is 13.4. The Balaban J connectivity index is 1.25. The minimum absolute atomic E-state index is 0.0157. The van der Waals surface area contributed by atoms with Crippen molar-refractivity contribution in [3.8, 4) is 11.6 Å². The summed E-state index contributed by atoms with van der Waals surface area (Å²) in [6, 6.07) is 6.81. The number of ketones is 1. The molecule has 0 spiro atoms. The molecule has 1 amide bonds. The van der Waals surface area contributed by atoms with Crippen LogP contribution in [0.25, 0.3) is 0 Å². The molecule has 3 heterocycles. The highest BCUT2D eigenvalue weighted by Crippen LogP contribution is 2.33. The fourth-order valence-electron chi connectivity index (χ4n) is 4.56. The number of hydrogen-bond acceptors (Lipinski definition) is 7. The summed E-state index contributed by atoms with van der Waals surface area (Å²) in [6.45, 7) is 2.20. The first kappa shape index (κ1) is 22.9. The average Bonchev–Trinajstić information content (AvgIpc) is 3.33. The highest BCUT2D eigenvalue weighted by molar-refractivity contribution is 6.45. The largest absolute Gasteiger partial charge is 0.437 e. The summed E-state index contributed by atoms with van der Waals surface area (Å²) < 4.78 is 19.4. The summed E-state index contributed by atoms with van der Waals surface area (Å²) in [5, 5.41) is 3.17. The van der Waals surface area contributed by atoms with Gasteiger partial charge in [0.25, 0.3) is 5.91 Å². The summed E-state index contributed by atoms with van der Waals surface area (Å²) >= 11 is 0. The second-order valence-electron chi connectivity index (χ2n) is 8.83. The number of ether oxygens (including phenoxy) is 1. The van der Waals surface area contributed by atoms with Gasteiger partial charge in [-0.15, -0.1) is 0 Å². The van der Waals surface area contributed by atoms with Crippen LogP contribution in [0, 0.1) is 0 Å². The van der Waals surface area contributed by atoms with Gasteiger partial charge >= 0.3 is 0 Å². The molecule has 1 fully saturated rings. The summed E-state index contributed by atoms with van der Waals surface area (Å²) in [7, 11) is 0. The number of amidine groups is 1. The molecular formula is C26H26FN5O3. The van der Waals surface area contributed by atoms with Gasteiger partial charge in [0.1, 0.15) is 11.4 Å². The molecule has 35 heavy (non-hydrogen) atoms. The van der Waals surface area contributed by atoms with Gasteiger partial charge in [0.05, 0.1) is 12.1 Å². The van der Waals surface area contributed by atoms with Crippen LogP contribution in [0.3, 0.4) is 0 Å². The average molecular weight is 476 g/mol. The number of Topliss-reactive ketones (excluding diaryl/α,β-unsaturated/α-hetero) is 1. The number of alkyl halides is 1. The van der Waals surface area contributed by atoms with E-state index in [0.717, 1.165) is 0 Å². The van der Waals surface area contributed by atoms with Crippen molar-refractivity contribution in [2.45, 2.75) is 43.9 Å². The smallest absolute Gasteiger partial charge is 0.256 e. The second-order valence-corrected chi connectivity index (χ2v) is 8.83. The number of carbonyl (C=O) groups excluding carboxylic acids is 2. The van der Waals surface area contributed by atoms with E-state index in [0.29, 0.717) is 54.7 Å². The Morgan fingerprint density at radius 1 is 1.09 bits per heavy atom. The number of piperidine rings is 1. The van der Waals surface area contributed by atoms with Gasteiger partial charge in [-0.3, -0.25) is 19.6 Å². The molecule has 0 saturated carbocycles. The summed E-state index contributed by atoms with van der Waals surface area (Å²) in [5.41, 5.74) is 1.22. The van der Waals surface area contributed by atoms with E-state index in [1.54, 1.807) is 41.6 Å². The Labute approximate surface area is 202 Å². The van der Waals surface area contributed by atoms with Crippen molar-refractivity contribution < 1.29 is 18.7 Å². The number of allylic oxidation sites excluding steroid dienone is 2. The van der Waals surface area contributed by atoms with Crippen molar-refractivity contribution in [2.24, 2.45) is 4.99 Å². The van der Waals surface area contributed by atoms with E-state index in [1.807, 2.05) is 24.3 Å². The number of likely N-dealkylation sites (tertiary alicyclic amines) is 1. The summed E-state index contributed by atoms with van der Waals surface area (Å²) in [4.78, 5) is 39.7. The zero-order valence-corrected chi connectivity index (χ0v) is 19.3. The van der Waals surface area contributed by atoms with Crippen LogP contribution in [0.2, 0.25) is 0 Å². The number of rotatable bonds is 6. The monoisotopic (exact) mass is 475 g/mol. The van der Waals surface area contributed by atoms with Crippen LogP contribution < -0.4 is 10.1 Å². The molecule has 2 aliphatic heterocycles. The molecule has 1 aromatic heterocycles. The van der Waals surface area contributed by atoms with Gasteiger partial charge in [0.2, 0.25) is 11.7 Å². The van der Waals surface area contributed by atoms with E-state index >= 15 is 0 Å². The van der Waals surface area contributed by atoms with Crippen LogP contribution >= 0.6 is 0 Å². The number of fused-ring (bicyclic) bond motifs is 1. The molecule has 3 aliphatic rings. The number of amides is 1. The topological polar surface area (TPSA) is 96.8 Å². The standard InChI is InChI=1S/C26H26FN5O3/c1-16(27)26(34)32-14-10-17(11-15-32)22-25(29-13-12-28-22)35-19-8-6-18(7-9-19)23(33)24-30-20-4-2-3-5-21(20)31-24/h2-9,12-13,16-17,20-21H,10-11,14-15H2,1H3,(H,30,31)/t16-,20?,21?/m0/s1. The van der Waals surface area contributed by atoms with Crippen molar-refractivity contribution in [1.29, 1.82) is 0 Å². The highest BCUT2D eigenvalue weighted by atomic mass is 19.1. The van der Waals surface area contributed by atoms with Crippen LogP contribution in [0.5, 0.6) is 11.6 Å². The van der Waals surface area contributed by atoms with Gasteiger partial charge < -0.3 is 15.0 Å². The molecule has 1 saturated heterocycles. The second kappa shape index (κ2) is 9.77. The number of nitrogens with zero attached hydrogens (tertiary/aromatic N) is 4. The van der Waals surface area contributed by atoms with Crippen LogP contribution in [0.15, 0.2) is 66.0 Å². The third kappa shape index (κ3) is 4.84. The molecule has 1 aromatic carbocycles. The van der Waals surface area contributed by atoms with Gasteiger partial charge in [0, 0.05) is 37.0 Å². The maximum absolute atomic E-state index is 13.4. The minimum Gasteiger partial charge on any atom is -0.437 e. The normalized spacial score (nSPS) is 22.2. The van der Waals surface area contributed by atoms with Gasteiger partial charge in [-0.1, -0.05) is 24.3 Å². The Morgan fingerprint density at radius 2 is 1.80 bits per heavy atom. The molecule has 1 N–H and O–H groups in total. The van der Waals surface area contributed by atoms with E-state index in [1.165, 1.54) is 6.92 Å². The Hall–Kier alpha value is -3.88. The quantitative estimate of drug-likeness (QED) is 0.644. The van der Waals surface area contributed by atoms with Crippen molar-refractivity contribution in [2.75, 3.05) is 13.1 Å². The zero-order valence-electron chi connectivity index (χ0n) is 19.3. The van der Waals surface area contributed by atoms with Crippen LogP contribution in [0.4, 0.5) is 4.39 Å². The first-order valence-corrected chi connectivity index (χ1v) is 11.8. The Kier molecular flexibility index (Phi) is 6.39. The van der Waals surface area contributed by atoms with E-state index < -0.39 is 12.1 Å². The Bertz CT molecular complexity index is 1200. The van der Waals surface area contributed by atoms with E-state index in [9.17, 15) is 14.0 Å². The minimum atomic E-state index is -1.49. The van der Waals surface area contributed by atoms with Gasteiger partial charge in [-0.2, -0.15) is 0 Å². The van der Waals surface area contributed by atoms with Crippen molar-refractivity contribution in [3.05, 3.63) is 72.2 Å². The van der Waals surface area contributed by atoms with E-state index in [4.69, 9.17) is 4.74 Å². The maximum Gasteiger partial charge on any atom is 0.256 e. The van der Waals surface area contributed by atoms with Crippen molar-refractivity contribution >= 4 is 17.5 Å². The van der Waals surface area contributed by atoms with E-state index in [-0.39, 0.29) is 23.8 Å². The van der Waals surface area contributed by atoms with Crippen molar-refractivity contribution in [3.63, 3.8) is 0 Å². The molecule has 0 radical (unpaired) electrons. The predicted molar refractivity (Wildman–Crippen MR) is 128 cm³/mol. The molecule has 8 nitrogen and oxygen atoms in total. The molecular weight excluding hydrogens is 449 g/mol. The fraction of sp³-hybridized carbons (Fsp3) is 0.346. The van der Waals surface area contributed by atoms with Crippen LogP contribution in [-0.4, -0.2) is 63.7 Å². The molecule has 2 unspecified atom stereocenters. The SMILES string of the molecule is C[C@H](F)C(=O)N1CCC(c2nccnc2Oc2ccc(C(=O)C3=NC4C=CC=CC4N3)cc2)CC1. The predicted octanol–water partition coefficient (Wildman–Crippen LogP) is 3.38. The lowest BCUT2D eigenvalue weighted by Crippen LogP contribution is -2.41. The van der Waals surface area contributed by atoms with Crippen LogP contribution in [0.1, 0.15) is 41.7 Å². The van der Waals surface area contributed by atoms with Crippen molar-refractivity contribution in [1.82, 2.24) is 20.2 Å². The molecule has 2 aromatic rings. The Morgan fingerprint density at radius 3 is 2.51 bits per heavy atom. The molecule has 5 rings (SSSR count). The lowest BCUT2D eigenvalue weighted by atomic mass is 9.93. The molecule has 1 aliphatic carbocycles. The van der Waals surface area contributed by atoms with Gasteiger partial charge in [-0.25, -0.2) is 9.37 Å². The fourth-order valence-corrected chi connectivity index (χ4v) is 4.56. The van der Waals surface area contributed by atoms with Gasteiger partial charge in [-0.05, 0) is 44.0 Å².